The van der Waals surface area contributed by atoms with Gasteiger partial charge in [-0.05, 0) is 0 Å². The van der Waals surface area contributed by atoms with Crippen molar-refractivity contribution in [2.45, 2.75) is 0 Å². The summed E-state index contributed by atoms with van der Waals surface area (Å²) in [6.45, 7) is 0. The fraction of sp³-hybridized carbons (Fsp3) is 0. The average Bonchev–Trinajstić information content (AvgIpc) is 0.918. The summed E-state index contributed by atoms with van der Waals surface area (Å²) in [7, 11) is 4.83. The first kappa shape index (κ1) is 38.0. The molecule has 37 valence electrons. The molecule has 8 heteroatoms. The molecule has 0 aromatic heterocycles. The molecule has 0 bridgehead atoms. The van der Waals surface area contributed by atoms with Gasteiger partial charge in [-0.15, -0.1) is 0 Å². The van der Waals surface area contributed by atoms with E-state index in [0.29, 0.717) is 0 Å². The molecule has 0 saturated heterocycles. The Hall–Kier alpha value is 5.10. The third-order valence-corrected chi connectivity index (χ3v) is 0. The molecule has 0 N–H and O–H groups in total. The molecule has 0 saturated carbocycles. The quantitative estimate of drug-likeness (QED) is 0.275. The van der Waals surface area contributed by atoms with Crippen LogP contribution in [0.2, 0.25) is 0 Å². The van der Waals surface area contributed by atoms with Crippen LogP contribution in [0.4, 0.5) is 0 Å². The standard InChI is InChI=1S/BH6PSi.Li.Rb.Ti.V.W.2H/c1-2-3;;;;;;;/h2H,1H2,3H3;;;;;;;. The van der Waals surface area contributed by atoms with Crippen molar-refractivity contribution in [3.8, 4) is 0 Å². The predicted molar refractivity (Wildman–Crippen MR) is 41.1 cm³/mol. The van der Waals surface area contributed by atoms with E-state index in [1.165, 1.54) is 17.9 Å². The minimum absolute atomic E-state index is 0. The maximum absolute atomic E-state index is 2.21. The molecule has 0 spiro atoms. The topological polar surface area (TPSA) is 0 Å². The SMILES string of the molecule is BP[SiH3].[LiH].[RbH].[Ti].[V].[W]. The van der Waals surface area contributed by atoms with Crippen LogP contribution in [0.5, 0.6) is 0 Å². The van der Waals surface area contributed by atoms with Crippen LogP contribution in [0.1, 0.15) is 0 Å². The van der Waals surface area contributed by atoms with Crippen molar-refractivity contribution in [3.63, 3.8) is 0 Å². The van der Waals surface area contributed by atoms with Crippen molar-refractivity contribution in [2.75, 3.05) is 0 Å². The second-order valence-electron chi connectivity index (χ2n) is 0.500. The van der Waals surface area contributed by atoms with E-state index in [4.69, 9.17) is 0 Å². The zero-order valence-electron chi connectivity index (χ0n) is 3.86. The fourth-order valence-corrected chi connectivity index (χ4v) is 0. The number of rotatable bonds is 0. The Balaban J connectivity index is -0.00000000200. The van der Waals surface area contributed by atoms with E-state index < -0.39 is 0 Å². The first-order valence-corrected chi connectivity index (χ1v) is 6.00. The fourth-order valence-electron chi connectivity index (χ4n) is 0. The van der Waals surface area contributed by atoms with E-state index in [0.717, 1.165) is 0 Å². The largest absolute Gasteiger partial charge is 0 e. The van der Waals surface area contributed by atoms with Gasteiger partial charge < -0.3 is 0 Å². The second kappa shape index (κ2) is 40.1. The van der Waals surface area contributed by atoms with Crippen molar-refractivity contribution >= 4 is 103 Å². The molecule has 0 aromatic rings. The van der Waals surface area contributed by atoms with Gasteiger partial charge in [-0.2, -0.15) is 8.01 Å². The van der Waals surface area contributed by atoms with E-state index in [2.05, 4.69) is 7.57 Å². The maximum atomic E-state index is 2.21. The summed E-state index contributed by atoms with van der Waals surface area (Å²) < 4.78 is 0. The van der Waals surface area contributed by atoms with Gasteiger partial charge in [0, 0.05) is 71.2 Å². The van der Waals surface area contributed by atoms with Gasteiger partial charge in [0.1, 0.15) is 7.57 Å². The average molecular weight is 453 g/mol. The van der Waals surface area contributed by atoms with Gasteiger partial charge >= 0.3 is 77.0 Å². The molecule has 0 aliphatic rings. The Morgan fingerprint density at radius 1 is 1.38 bits per heavy atom. The first-order valence-electron chi connectivity index (χ1n) is 1.00. The van der Waals surface area contributed by atoms with E-state index in [1.54, 1.807) is 0 Å². The molecule has 0 rings (SSSR count). The summed E-state index contributed by atoms with van der Waals surface area (Å²) in [5.74, 6) is 0. The summed E-state index contributed by atoms with van der Waals surface area (Å²) in [5, 5.41) is 0. The number of hydrogen-bond donors (Lipinski definition) is 0. The van der Waals surface area contributed by atoms with Crippen LogP contribution in [0.3, 0.4) is 0 Å². The molecule has 0 fully saturated rings. The molecular weight excluding hydrogens is 445 g/mol. The minimum atomic E-state index is 0. The molecule has 0 amide bonds. The molecule has 0 nitrogen and oxygen atoms in total. The Bertz CT molecular complexity index is 24.0. The van der Waals surface area contributed by atoms with Gasteiger partial charge in [-0.3, -0.25) is 0 Å². The van der Waals surface area contributed by atoms with Crippen LogP contribution in [0.15, 0.2) is 0 Å². The van der Waals surface area contributed by atoms with Crippen molar-refractivity contribution in [2.24, 2.45) is 0 Å². The van der Waals surface area contributed by atoms with Gasteiger partial charge in [0.05, 0.1) is 0 Å². The van der Waals surface area contributed by atoms with Crippen LogP contribution in [0, 0.1) is 0 Å². The molecule has 0 aromatic carbocycles. The van der Waals surface area contributed by atoms with Gasteiger partial charge in [-0.1, -0.05) is 0 Å². The summed E-state index contributed by atoms with van der Waals surface area (Å²) in [4.78, 5) is 0. The van der Waals surface area contributed by atoms with Gasteiger partial charge in [0.15, 0.2) is 0 Å². The molecule has 0 heterocycles. The second-order valence-corrected chi connectivity index (χ2v) is 4.50. The van der Waals surface area contributed by atoms with Crippen LogP contribution in [-0.4, -0.2) is 94.5 Å². The smallest absolute Gasteiger partial charge is 0 e. The normalized spacial score (nSPS) is 4.00. The van der Waals surface area contributed by atoms with E-state index >= 15 is 0 Å². The van der Waals surface area contributed by atoms with E-state index in [9.17, 15) is 0 Å². The summed E-state index contributed by atoms with van der Waals surface area (Å²) in [6.07, 6.45) is 0. The molecule has 0 aliphatic carbocycles. The van der Waals surface area contributed by atoms with Crippen LogP contribution < -0.4 is 0 Å². The maximum Gasteiger partial charge on any atom is 0 e. The molecule has 1 unspecified atom stereocenters. The molecule has 1 radical (unpaired) electrons. The minimum Gasteiger partial charge on any atom is 0 e. The van der Waals surface area contributed by atoms with Crippen LogP contribution in [-0.2, 0) is 61.3 Å². The van der Waals surface area contributed by atoms with Crippen molar-refractivity contribution < 1.29 is 61.3 Å². The van der Waals surface area contributed by atoms with E-state index in [1.807, 2.05) is 0 Å². The van der Waals surface area contributed by atoms with Gasteiger partial charge in [-0.25, -0.2) is 0 Å². The van der Waals surface area contributed by atoms with Gasteiger partial charge in [0.25, 0.3) is 0 Å². The van der Waals surface area contributed by atoms with Crippen molar-refractivity contribution in [1.29, 1.82) is 0 Å². The first-order chi connectivity index (χ1) is 1.41. The van der Waals surface area contributed by atoms with Crippen LogP contribution >= 0.6 is 8.01 Å². The molecule has 0 aliphatic heterocycles. The Labute approximate surface area is 159 Å². The Kier molecular flexibility index (Phi) is 191. The van der Waals surface area contributed by atoms with Crippen LogP contribution in [0.25, 0.3) is 0 Å². The third kappa shape index (κ3) is 43.5. The summed E-state index contributed by atoms with van der Waals surface area (Å²) >= 11 is 0. The third-order valence-electron chi connectivity index (χ3n) is 0. The Morgan fingerprint density at radius 3 is 1.38 bits per heavy atom. The summed E-state index contributed by atoms with van der Waals surface area (Å²) in [6, 6.07) is 0. The van der Waals surface area contributed by atoms with Gasteiger partial charge in [0.2, 0.25) is 0 Å². The molecular formula is H8BLiPRbSiTiVW. The zero-order chi connectivity index (χ0) is 2.71. The van der Waals surface area contributed by atoms with E-state index in [-0.39, 0.29) is 138 Å². The predicted octanol–water partition coefficient (Wildman–Crippen LogP) is -2.81. The zero-order valence-corrected chi connectivity index (χ0v) is 12.7. The number of hydrogen-bond acceptors (Lipinski definition) is 0. The molecule has 8 heavy (non-hydrogen) atoms. The van der Waals surface area contributed by atoms with Crippen molar-refractivity contribution in [3.05, 3.63) is 0 Å². The monoisotopic (exact) mass is 453 g/mol. The summed E-state index contributed by atoms with van der Waals surface area (Å²) in [5.41, 5.74) is 0. The molecule has 1 atom stereocenters. The Morgan fingerprint density at radius 2 is 1.38 bits per heavy atom. The van der Waals surface area contributed by atoms with Crippen molar-refractivity contribution in [1.82, 2.24) is 0 Å².